The van der Waals surface area contributed by atoms with Crippen molar-refractivity contribution in [3.63, 3.8) is 0 Å². The molecule has 560 valence electrons. The third kappa shape index (κ3) is 22.3. The number of nitrogens with two attached hydrogens (primary N) is 1. The third-order valence-corrected chi connectivity index (χ3v) is 16.8. The number of aromatic nitrogens is 10. The summed E-state index contributed by atoms with van der Waals surface area (Å²) in [5.41, 5.74) is 11.6. The maximum Gasteiger partial charge on any atom is 0.488 e. The molecule has 4 amide bonds. The summed E-state index contributed by atoms with van der Waals surface area (Å²) in [5.74, 6) is -1.27. The van der Waals surface area contributed by atoms with Crippen LogP contribution in [-0.4, -0.2) is 137 Å². The van der Waals surface area contributed by atoms with E-state index in [1.807, 2.05) is 61.8 Å². The number of carbonyl (C=O) groups is 3. The summed E-state index contributed by atoms with van der Waals surface area (Å²) >= 11 is 2.24. The van der Waals surface area contributed by atoms with Crippen molar-refractivity contribution in [2.75, 3.05) is 37.2 Å². The Morgan fingerprint density at radius 3 is 1.45 bits per heavy atom. The Hall–Kier alpha value is -10.4. The van der Waals surface area contributed by atoms with Crippen molar-refractivity contribution in [2.24, 2.45) is 0 Å². The van der Waals surface area contributed by atoms with Crippen LogP contribution in [0.25, 0.3) is 33.6 Å². The monoisotopic (exact) mass is 1590 g/mol. The second-order valence-electron chi connectivity index (χ2n) is 26.1. The molecule has 4 aliphatic rings. The van der Waals surface area contributed by atoms with Gasteiger partial charge in [-0.1, -0.05) is 46.8 Å². The molecule has 0 unspecified atom stereocenters. The highest BCUT2D eigenvalue weighted by Crippen LogP contribution is 2.34. The van der Waals surface area contributed by atoms with Gasteiger partial charge in [0.25, 0.3) is 0 Å². The Kier molecular flexibility index (Phi) is 26.1. The predicted octanol–water partition coefficient (Wildman–Crippen LogP) is 12.8. The molecule has 14 rings (SSSR count). The van der Waals surface area contributed by atoms with Gasteiger partial charge in [0.05, 0.1) is 95.7 Å². The number of fused-ring (bicyclic) bond motifs is 4. The highest BCUT2D eigenvalue weighted by molar-refractivity contribution is 14.1. The summed E-state index contributed by atoms with van der Waals surface area (Å²) in [6, 6.07) is 31.9. The molecule has 8 heterocycles. The van der Waals surface area contributed by atoms with Gasteiger partial charge in [-0.3, -0.25) is 9.36 Å². The highest BCUT2D eigenvalue weighted by Gasteiger charge is 2.34. The Bertz CT molecular complexity index is 4600. The molecule has 6 aromatic carbocycles. The smallest absolute Gasteiger partial charge is 0.444 e. The lowest BCUT2D eigenvalue weighted by atomic mass is 9.80. The van der Waals surface area contributed by atoms with E-state index in [1.165, 1.54) is 89.8 Å². The summed E-state index contributed by atoms with van der Waals surface area (Å²) in [5, 5.41) is 47.9. The first-order valence-corrected chi connectivity index (χ1v) is 33.9. The van der Waals surface area contributed by atoms with Crippen molar-refractivity contribution in [2.45, 2.75) is 117 Å². The normalized spacial score (nSPS) is 13.8. The first-order chi connectivity index (χ1) is 50.0. The molecule has 0 radical (unpaired) electrons. The average molecular weight is 1590 g/mol. The van der Waals surface area contributed by atoms with Crippen molar-refractivity contribution in [1.29, 1.82) is 0 Å². The molecule has 0 saturated carbocycles. The topological polar surface area (TPSA) is 267 Å². The van der Waals surface area contributed by atoms with Crippen LogP contribution in [0.5, 0.6) is 0 Å². The molecule has 0 aliphatic carbocycles. The van der Waals surface area contributed by atoms with Crippen LogP contribution in [0.15, 0.2) is 158 Å². The van der Waals surface area contributed by atoms with E-state index in [-0.39, 0.29) is 53.4 Å². The minimum absolute atomic E-state index is 0.0563. The van der Waals surface area contributed by atoms with Gasteiger partial charge in [-0.15, -0.1) is 10.2 Å². The number of amides is 4. The van der Waals surface area contributed by atoms with Crippen LogP contribution in [0.1, 0.15) is 75.4 Å². The van der Waals surface area contributed by atoms with Crippen LogP contribution in [0.2, 0.25) is 0 Å². The lowest BCUT2D eigenvalue weighted by molar-refractivity contribution is -0.138. The average Bonchev–Trinajstić information content (AvgIpc) is 1.62. The second kappa shape index (κ2) is 34.7. The lowest BCUT2D eigenvalue weighted by Gasteiger charge is -2.30. The fourth-order valence-electron chi connectivity index (χ4n) is 10.7. The molecule has 35 heteroatoms. The molecule has 106 heavy (non-hydrogen) atoms. The summed E-state index contributed by atoms with van der Waals surface area (Å²) in [4.78, 5) is 41.6. The first kappa shape index (κ1) is 79.7. The van der Waals surface area contributed by atoms with Gasteiger partial charge in [0, 0.05) is 60.8 Å². The number of nitrogens with zero attached hydrogens (tertiary/aromatic N) is 13. The SMILES string of the molecule is CC(C)(C)OC(=O)N1CCn2ncc(-c3ccc(F)cc3)c2C1.CC(C)(C)OC(=O)N1CCn2ncc(I)c2C1.Fc1ccc(-c2nnn3c2CNCC3)cc1.Nc1cccc(C(F)(F)F)c1.O=C(Nc1cccc(C(F)(F)F)c1)N1CCn2nnc(-c3ccc(F)cc3)c2C1.OB(O)c1ccc(F)cc1. The number of ether oxygens (including phenoxy) is 2. The number of alkyl halides is 6. The van der Waals surface area contributed by atoms with Crippen LogP contribution in [0.4, 0.5) is 69.7 Å². The predicted molar refractivity (Wildman–Crippen MR) is 381 cm³/mol. The van der Waals surface area contributed by atoms with Gasteiger partial charge < -0.3 is 50.6 Å². The molecule has 6 N–H and O–H groups in total. The molecule has 0 atom stereocenters. The van der Waals surface area contributed by atoms with E-state index in [0.29, 0.717) is 68.2 Å². The van der Waals surface area contributed by atoms with E-state index >= 15 is 0 Å². The summed E-state index contributed by atoms with van der Waals surface area (Å²) in [7, 11) is -1.51. The van der Waals surface area contributed by atoms with Crippen LogP contribution < -0.4 is 21.8 Å². The van der Waals surface area contributed by atoms with Gasteiger partial charge in [-0.2, -0.15) is 36.5 Å². The summed E-state index contributed by atoms with van der Waals surface area (Å²) in [6.07, 6.45) is -5.77. The van der Waals surface area contributed by atoms with Gasteiger partial charge in [0.1, 0.15) is 45.9 Å². The molecule has 4 aromatic heterocycles. The maximum absolute atomic E-state index is 13.2. The Morgan fingerprint density at radius 2 is 0.953 bits per heavy atom. The molecule has 0 bridgehead atoms. The van der Waals surface area contributed by atoms with E-state index in [2.05, 4.69) is 64.0 Å². The number of halogens is 11. The van der Waals surface area contributed by atoms with E-state index in [9.17, 15) is 58.3 Å². The number of rotatable bonds is 5. The lowest BCUT2D eigenvalue weighted by Crippen LogP contribution is -2.41. The van der Waals surface area contributed by atoms with Gasteiger partial charge in [-0.05, 0) is 184 Å². The number of urea groups is 1. The zero-order valence-corrected chi connectivity index (χ0v) is 60.2. The Balaban J connectivity index is 0.000000153. The van der Waals surface area contributed by atoms with E-state index in [4.69, 9.17) is 25.3 Å². The number of nitrogen functional groups attached to an aromatic ring is 1. The minimum atomic E-state index is -4.49. The zero-order chi connectivity index (χ0) is 76.8. The summed E-state index contributed by atoms with van der Waals surface area (Å²) < 4.78 is 145. The van der Waals surface area contributed by atoms with Crippen LogP contribution in [0.3, 0.4) is 0 Å². The van der Waals surface area contributed by atoms with Crippen LogP contribution in [0, 0.1) is 26.8 Å². The second-order valence-corrected chi connectivity index (χ2v) is 27.2. The summed E-state index contributed by atoms with van der Waals surface area (Å²) in [6.45, 7) is 18.2. The van der Waals surface area contributed by atoms with Gasteiger partial charge >= 0.3 is 37.7 Å². The molecular formula is C71H74BF10IN16O7. The number of hydrogen-bond acceptors (Lipinski definition) is 15. The minimum Gasteiger partial charge on any atom is -0.444 e. The molecule has 0 spiro atoms. The van der Waals surface area contributed by atoms with E-state index in [0.717, 1.165) is 93.5 Å². The quantitative estimate of drug-likeness (QED) is 0.0464. The van der Waals surface area contributed by atoms with E-state index < -0.39 is 47.8 Å². The fourth-order valence-corrected chi connectivity index (χ4v) is 11.3. The number of hydrogen-bond donors (Lipinski definition) is 5. The van der Waals surface area contributed by atoms with Crippen molar-refractivity contribution in [3.8, 4) is 33.6 Å². The first-order valence-electron chi connectivity index (χ1n) is 32.9. The van der Waals surface area contributed by atoms with Gasteiger partial charge in [0.15, 0.2) is 0 Å². The van der Waals surface area contributed by atoms with Crippen molar-refractivity contribution < 1.29 is 77.8 Å². The molecule has 0 saturated heterocycles. The highest BCUT2D eigenvalue weighted by atomic mass is 127. The molecule has 23 nitrogen and oxygen atoms in total. The standard InChI is InChI=1S/C19H15F4N5O.C17H20FN3O2.C11H11FN4.C11H16IN3O2.C7H6F3N.C6H6BFO2/c20-14-6-4-12(5-7-14)17-16-11-27(8-9-28(16)26-25-17)18(29)24-15-3-1-2-13(10-15)19(21,22)23;1-17(2,3)23-16(22)20-8-9-21-15(11-20)14(10-19-21)12-4-6-13(18)7-5-12;12-9-3-1-8(2-4-9)11-10-7-13-5-6-16(10)15-14-11;1-11(2,3)17-10(16)14-4-5-15-9(7-14)8(12)6-13-15;8-7(9,10)5-2-1-3-6(11)4-5;8-6-3-1-5(2-4-6)7(9)10/h1-7,10H,8-9,11H2,(H,24,29);4-7,10H,8-9,11H2,1-3H3;1-4,13H,5-7H2;6H,4-5,7H2,1-3H3;1-4H,11H2;1-4,9-10H. The third-order valence-electron chi connectivity index (χ3n) is 15.9. The van der Waals surface area contributed by atoms with Gasteiger partial charge in [-0.25, -0.2) is 41.3 Å². The Morgan fingerprint density at radius 1 is 0.519 bits per heavy atom. The number of nitrogens with one attached hydrogen (secondary N) is 2. The molecule has 0 fully saturated rings. The van der Waals surface area contributed by atoms with Crippen molar-refractivity contribution in [3.05, 3.63) is 219 Å². The molecule has 4 aliphatic heterocycles. The molecule has 10 aromatic rings. The Labute approximate surface area is 616 Å². The molecular weight excluding hydrogens is 1520 g/mol. The van der Waals surface area contributed by atoms with Crippen molar-refractivity contribution in [1.82, 2.24) is 69.6 Å². The van der Waals surface area contributed by atoms with Crippen LogP contribution >= 0.6 is 22.6 Å². The maximum atomic E-state index is 13.2. The van der Waals surface area contributed by atoms with Gasteiger partial charge in [0.2, 0.25) is 0 Å². The van der Waals surface area contributed by atoms with E-state index in [1.54, 1.807) is 57.1 Å². The number of carbonyl (C=O) groups excluding carboxylic acids is 3. The number of anilines is 2. The van der Waals surface area contributed by atoms with Crippen molar-refractivity contribution >= 4 is 64.8 Å². The zero-order valence-electron chi connectivity index (χ0n) is 58.1. The van der Waals surface area contributed by atoms with Crippen LogP contribution in [-0.2, 0) is 74.2 Å². The largest absolute Gasteiger partial charge is 0.488 e. The fraction of sp³-hybridized carbons (Fsp3) is 0.310. The number of benzene rings is 6.